The first-order chi connectivity index (χ1) is 7.87. The second-order valence-electron chi connectivity index (χ2n) is 5.00. The first-order valence-corrected chi connectivity index (χ1v) is 5.85. The molecule has 1 aromatic carbocycles. The molecular formula is C14H21FO2. The molecule has 0 amide bonds. The third-order valence-electron chi connectivity index (χ3n) is 3.15. The van der Waals surface area contributed by atoms with E-state index in [1.807, 2.05) is 13.8 Å². The van der Waals surface area contributed by atoms with E-state index >= 15 is 0 Å². The van der Waals surface area contributed by atoms with Gasteiger partial charge in [0.05, 0.1) is 11.7 Å². The number of benzene rings is 1. The SMILES string of the molecule is COC(C)(C)CCC(O)c1cccc(C)c1F. The van der Waals surface area contributed by atoms with Gasteiger partial charge in [0.15, 0.2) is 0 Å². The predicted octanol–water partition coefficient (Wildman–Crippen LogP) is 3.37. The summed E-state index contributed by atoms with van der Waals surface area (Å²) >= 11 is 0. The maximum absolute atomic E-state index is 13.8. The Labute approximate surface area is 102 Å². The minimum Gasteiger partial charge on any atom is -0.388 e. The molecule has 0 bridgehead atoms. The van der Waals surface area contributed by atoms with E-state index in [4.69, 9.17) is 4.74 Å². The summed E-state index contributed by atoms with van der Waals surface area (Å²) < 4.78 is 19.0. The van der Waals surface area contributed by atoms with Crippen molar-refractivity contribution < 1.29 is 14.2 Å². The van der Waals surface area contributed by atoms with Crippen LogP contribution in [0.15, 0.2) is 18.2 Å². The minimum absolute atomic E-state index is 0.290. The third kappa shape index (κ3) is 3.79. The molecule has 0 spiro atoms. The van der Waals surface area contributed by atoms with Gasteiger partial charge in [0, 0.05) is 12.7 Å². The lowest BCUT2D eigenvalue weighted by molar-refractivity contribution is 0.00247. The smallest absolute Gasteiger partial charge is 0.131 e. The quantitative estimate of drug-likeness (QED) is 0.855. The molecule has 0 aliphatic carbocycles. The number of halogens is 1. The number of rotatable bonds is 5. The van der Waals surface area contributed by atoms with Gasteiger partial charge in [-0.05, 0) is 39.2 Å². The van der Waals surface area contributed by atoms with Gasteiger partial charge in [-0.2, -0.15) is 0 Å². The Morgan fingerprint density at radius 1 is 1.41 bits per heavy atom. The van der Waals surface area contributed by atoms with Crippen LogP contribution in [0.25, 0.3) is 0 Å². The number of methoxy groups -OCH3 is 1. The van der Waals surface area contributed by atoms with E-state index in [-0.39, 0.29) is 11.4 Å². The summed E-state index contributed by atoms with van der Waals surface area (Å²) in [5, 5.41) is 9.99. The first kappa shape index (κ1) is 14.1. The number of aliphatic hydroxyl groups excluding tert-OH is 1. The average Bonchev–Trinajstić information content (AvgIpc) is 2.30. The first-order valence-electron chi connectivity index (χ1n) is 5.85. The van der Waals surface area contributed by atoms with Crippen molar-refractivity contribution in [1.29, 1.82) is 0 Å². The molecule has 96 valence electrons. The lowest BCUT2D eigenvalue weighted by atomic mass is 9.95. The molecule has 3 heteroatoms. The predicted molar refractivity (Wildman–Crippen MR) is 66.4 cm³/mol. The van der Waals surface area contributed by atoms with Crippen LogP contribution in [-0.4, -0.2) is 17.8 Å². The molecule has 0 saturated heterocycles. The van der Waals surface area contributed by atoms with Crippen LogP contribution in [0.5, 0.6) is 0 Å². The van der Waals surface area contributed by atoms with E-state index in [1.165, 1.54) is 0 Å². The molecule has 1 rings (SSSR count). The van der Waals surface area contributed by atoms with E-state index in [0.29, 0.717) is 24.0 Å². The molecule has 2 nitrogen and oxygen atoms in total. The summed E-state index contributed by atoms with van der Waals surface area (Å²) in [5.41, 5.74) is 0.644. The fraction of sp³-hybridized carbons (Fsp3) is 0.571. The Bertz CT molecular complexity index is 374. The Balaban J connectivity index is 2.71. The number of aryl methyl sites for hydroxylation is 1. The Hall–Kier alpha value is -0.930. The highest BCUT2D eigenvalue weighted by molar-refractivity contribution is 5.26. The van der Waals surface area contributed by atoms with Gasteiger partial charge in [0.2, 0.25) is 0 Å². The third-order valence-corrected chi connectivity index (χ3v) is 3.15. The van der Waals surface area contributed by atoms with Crippen molar-refractivity contribution in [2.75, 3.05) is 7.11 Å². The van der Waals surface area contributed by atoms with Crippen molar-refractivity contribution in [3.05, 3.63) is 35.1 Å². The molecule has 0 aromatic heterocycles. The van der Waals surface area contributed by atoms with Gasteiger partial charge >= 0.3 is 0 Å². The van der Waals surface area contributed by atoms with Gasteiger partial charge in [0.1, 0.15) is 5.82 Å². The lowest BCUT2D eigenvalue weighted by Gasteiger charge is -2.24. The number of ether oxygens (including phenoxy) is 1. The maximum Gasteiger partial charge on any atom is 0.131 e. The molecule has 0 aliphatic rings. The van der Waals surface area contributed by atoms with Crippen molar-refractivity contribution >= 4 is 0 Å². The van der Waals surface area contributed by atoms with Gasteiger partial charge in [-0.1, -0.05) is 18.2 Å². The van der Waals surface area contributed by atoms with E-state index in [2.05, 4.69) is 0 Å². The van der Waals surface area contributed by atoms with Gasteiger partial charge in [-0.15, -0.1) is 0 Å². The Morgan fingerprint density at radius 3 is 2.65 bits per heavy atom. The van der Waals surface area contributed by atoms with Crippen molar-refractivity contribution in [2.45, 2.75) is 45.3 Å². The van der Waals surface area contributed by atoms with Crippen molar-refractivity contribution in [3.63, 3.8) is 0 Å². The molecule has 1 unspecified atom stereocenters. The highest BCUT2D eigenvalue weighted by atomic mass is 19.1. The summed E-state index contributed by atoms with van der Waals surface area (Å²) in [7, 11) is 1.64. The Kier molecular flexibility index (Phi) is 4.66. The molecule has 1 aromatic rings. The molecule has 1 atom stereocenters. The zero-order chi connectivity index (χ0) is 13.1. The molecule has 1 N–H and O–H groups in total. The van der Waals surface area contributed by atoms with Crippen LogP contribution in [-0.2, 0) is 4.74 Å². The largest absolute Gasteiger partial charge is 0.388 e. The monoisotopic (exact) mass is 240 g/mol. The Morgan fingerprint density at radius 2 is 2.06 bits per heavy atom. The lowest BCUT2D eigenvalue weighted by Crippen LogP contribution is -2.23. The zero-order valence-corrected chi connectivity index (χ0v) is 11.0. The van der Waals surface area contributed by atoms with E-state index in [1.54, 1.807) is 32.2 Å². The summed E-state index contributed by atoms with van der Waals surface area (Å²) in [5.74, 6) is -0.310. The zero-order valence-electron chi connectivity index (χ0n) is 11.0. The fourth-order valence-corrected chi connectivity index (χ4v) is 1.67. The van der Waals surface area contributed by atoms with Crippen LogP contribution in [0, 0.1) is 12.7 Å². The maximum atomic E-state index is 13.8. The van der Waals surface area contributed by atoms with Gasteiger partial charge in [-0.25, -0.2) is 4.39 Å². The molecule has 0 aliphatic heterocycles. The molecule has 0 fully saturated rings. The van der Waals surface area contributed by atoms with Crippen LogP contribution in [0.1, 0.15) is 43.9 Å². The van der Waals surface area contributed by atoms with Crippen molar-refractivity contribution in [2.24, 2.45) is 0 Å². The second-order valence-corrected chi connectivity index (χ2v) is 5.00. The summed E-state index contributed by atoms with van der Waals surface area (Å²) in [4.78, 5) is 0. The van der Waals surface area contributed by atoms with Crippen molar-refractivity contribution in [1.82, 2.24) is 0 Å². The standard InChI is InChI=1S/C14H21FO2/c1-10-6-5-7-11(13(10)15)12(16)8-9-14(2,3)17-4/h5-7,12,16H,8-9H2,1-4H3. The molecule has 0 radical (unpaired) electrons. The van der Waals surface area contributed by atoms with Crippen LogP contribution in [0.4, 0.5) is 4.39 Å². The highest BCUT2D eigenvalue weighted by Gasteiger charge is 2.20. The van der Waals surface area contributed by atoms with Gasteiger partial charge < -0.3 is 9.84 Å². The van der Waals surface area contributed by atoms with Crippen LogP contribution < -0.4 is 0 Å². The van der Waals surface area contributed by atoms with Gasteiger partial charge in [0.25, 0.3) is 0 Å². The molecule has 0 heterocycles. The van der Waals surface area contributed by atoms with Crippen LogP contribution in [0.2, 0.25) is 0 Å². The number of hydrogen-bond acceptors (Lipinski definition) is 2. The topological polar surface area (TPSA) is 29.5 Å². The summed E-state index contributed by atoms with van der Waals surface area (Å²) in [6.07, 6.45) is 0.392. The van der Waals surface area contributed by atoms with Crippen molar-refractivity contribution in [3.8, 4) is 0 Å². The summed E-state index contributed by atoms with van der Waals surface area (Å²) in [6, 6.07) is 5.09. The number of aliphatic hydroxyl groups is 1. The minimum atomic E-state index is -0.774. The fourth-order valence-electron chi connectivity index (χ4n) is 1.67. The van der Waals surface area contributed by atoms with Gasteiger partial charge in [-0.3, -0.25) is 0 Å². The highest BCUT2D eigenvalue weighted by Crippen LogP contribution is 2.26. The summed E-state index contributed by atoms with van der Waals surface area (Å²) in [6.45, 7) is 5.60. The van der Waals surface area contributed by atoms with Crippen LogP contribution in [0.3, 0.4) is 0 Å². The molecular weight excluding hydrogens is 219 g/mol. The van der Waals surface area contributed by atoms with E-state index in [0.717, 1.165) is 0 Å². The van der Waals surface area contributed by atoms with Crippen LogP contribution >= 0.6 is 0 Å². The average molecular weight is 240 g/mol. The second kappa shape index (κ2) is 5.61. The molecule has 0 saturated carbocycles. The number of hydrogen-bond donors (Lipinski definition) is 1. The normalized spacial score (nSPS) is 13.8. The van der Waals surface area contributed by atoms with E-state index < -0.39 is 6.10 Å². The van der Waals surface area contributed by atoms with E-state index in [9.17, 15) is 9.50 Å². The molecule has 17 heavy (non-hydrogen) atoms.